The molecule has 26 heavy (non-hydrogen) atoms. The van der Waals surface area contributed by atoms with Gasteiger partial charge in [-0.05, 0) is 35.4 Å². The Hall–Kier alpha value is -2.56. The zero-order chi connectivity index (χ0) is 18.2. The van der Waals surface area contributed by atoms with Crippen molar-refractivity contribution < 1.29 is 0 Å². The summed E-state index contributed by atoms with van der Waals surface area (Å²) < 4.78 is 0. The Morgan fingerprint density at radius 1 is 0.962 bits per heavy atom. The summed E-state index contributed by atoms with van der Waals surface area (Å²) in [5.41, 5.74) is 5.49. The SMILES string of the molecule is Clc1ccccc1C=CC(C=Cc1ccccc1Cl)=NNC1=NCCN1. The Balaban J connectivity index is 1.82. The van der Waals surface area contributed by atoms with Crippen LogP contribution in [0.2, 0.25) is 10.0 Å². The molecule has 0 amide bonds. The smallest absolute Gasteiger partial charge is 0.212 e. The zero-order valence-corrected chi connectivity index (χ0v) is 15.5. The Bertz CT molecular complexity index is 827. The molecule has 0 bridgehead atoms. The lowest BCUT2D eigenvalue weighted by atomic mass is 10.1. The molecule has 2 aromatic carbocycles. The highest BCUT2D eigenvalue weighted by molar-refractivity contribution is 6.32. The average Bonchev–Trinajstić information content (AvgIpc) is 3.17. The number of rotatable bonds is 5. The maximum Gasteiger partial charge on any atom is 0.212 e. The van der Waals surface area contributed by atoms with E-state index in [-0.39, 0.29) is 0 Å². The van der Waals surface area contributed by atoms with Crippen LogP contribution >= 0.6 is 23.2 Å². The third kappa shape index (κ3) is 5.22. The minimum Gasteiger partial charge on any atom is -0.353 e. The summed E-state index contributed by atoms with van der Waals surface area (Å²) in [4.78, 5) is 4.27. The van der Waals surface area contributed by atoms with E-state index in [2.05, 4.69) is 20.8 Å². The Kier molecular flexibility index (Phi) is 6.47. The summed E-state index contributed by atoms with van der Waals surface area (Å²) in [6.45, 7) is 1.57. The van der Waals surface area contributed by atoms with Gasteiger partial charge in [-0.25, -0.2) is 10.4 Å². The number of aliphatic imine (C=N–C) groups is 1. The van der Waals surface area contributed by atoms with Crippen LogP contribution < -0.4 is 10.7 Å². The van der Waals surface area contributed by atoms with Gasteiger partial charge in [0.25, 0.3) is 0 Å². The molecule has 0 atom stereocenters. The van der Waals surface area contributed by atoms with E-state index in [0.29, 0.717) is 21.7 Å². The van der Waals surface area contributed by atoms with Gasteiger partial charge in [-0.3, -0.25) is 0 Å². The van der Waals surface area contributed by atoms with Gasteiger partial charge in [-0.2, -0.15) is 5.10 Å². The highest BCUT2D eigenvalue weighted by Gasteiger charge is 2.03. The van der Waals surface area contributed by atoms with Crippen LogP contribution in [0, 0.1) is 0 Å². The number of benzene rings is 2. The summed E-state index contributed by atoms with van der Waals surface area (Å²) in [5.74, 6) is 0.666. The van der Waals surface area contributed by atoms with Gasteiger partial charge in [-0.1, -0.05) is 71.8 Å². The van der Waals surface area contributed by atoms with Crippen molar-refractivity contribution in [3.05, 3.63) is 81.9 Å². The minimum absolute atomic E-state index is 0.666. The van der Waals surface area contributed by atoms with Crippen molar-refractivity contribution in [1.82, 2.24) is 10.7 Å². The molecule has 0 unspecified atom stereocenters. The zero-order valence-electron chi connectivity index (χ0n) is 14.0. The van der Waals surface area contributed by atoms with Crippen molar-refractivity contribution in [2.24, 2.45) is 10.1 Å². The van der Waals surface area contributed by atoms with Crippen LogP contribution in [0.15, 0.2) is 70.8 Å². The van der Waals surface area contributed by atoms with E-state index in [1.807, 2.05) is 72.8 Å². The number of hydrogen-bond acceptors (Lipinski definition) is 4. The minimum atomic E-state index is 0.666. The second-order valence-corrected chi connectivity index (χ2v) is 6.33. The molecule has 0 radical (unpaired) electrons. The van der Waals surface area contributed by atoms with Crippen LogP contribution in [-0.4, -0.2) is 24.8 Å². The van der Waals surface area contributed by atoms with Gasteiger partial charge >= 0.3 is 0 Å². The van der Waals surface area contributed by atoms with Gasteiger partial charge in [0.05, 0.1) is 12.3 Å². The van der Waals surface area contributed by atoms with Crippen molar-refractivity contribution in [3.63, 3.8) is 0 Å². The molecule has 4 nitrogen and oxygen atoms in total. The lowest BCUT2D eigenvalue weighted by Gasteiger charge is -2.02. The van der Waals surface area contributed by atoms with Crippen molar-refractivity contribution in [1.29, 1.82) is 0 Å². The quantitative estimate of drug-likeness (QED) is 0.583. The molecule has 1 aliphatic heterocycles. The van der Waals surface area contributed by atoms with Gasteiger partial charge in [-0.15, -0.1) is 0 Å². The Morgan fingerprint density at radius 2 is 1.54 bits per heavy atom. The summed E-state index contributed by atoms with van der Waals surface area (Å²) in [6.07, 6.45) is 7.61. The fraction of sp³-hybridized carbons (Fsp3) is 0.100. The molecule has 0 saturated carbocycles. The number of hydrogen-bond donors (Lipinski definition) is 2. The average molecular weight is 385 g/mol. The maximum atomic E-state index is 6.21. The number of nitrogens with zero attached hydrogens (tertiary/aromatic N) is 2. The first kappa shape index (κ1) is 18.2. The van der Waals surface area contributed by atoms with E-state index in [4.69, 9.17) is 23.2 Å². The third-order valence-electron chi connectivity index (χ3n) is 3.64. The fourth-order valence-corrected chi connectivity index (χ4v) is 2.69. The number of guanidine groups is 1. The van der Waals surface area contributed by atoms with Crippen LogP contribution in [0.25, 0.3) is 12.2 Å². The Morgan fingerprint density at radius 3 is 2.04 bits per heavy atom. The van der Waals surface area contributed by atoms with Gasteiger partial charge in [0, 0.05) is 16.6 Å². The van der Waals surface area contributed by atoms with E-state index in [1.54, 1.807) is 0 Å². The van der Waals surface area contributed by atoms with Crippen LogP contribution in [0.3, 0.4) is 0 Å². The van der Waals surface area contributed by atoms with Gasteiger partial charge < -0.3 is 5.32 Å². The molecule has 1 aliphatic rings. The normalized spacial score (nSPS) is 13.7. The first-order valence-corrected chi connectivity index (χ1v) is 8.95. The van der Waals surface area contributed by atoms with Crippen molar-refractivity contribution in [2.45, 2.75) is 0 Å². The molecular formula is C20H18Cl2N4. The van der Waals surface area contributed by atoms with Crippen LogP contribution in [0.1, 0.15) is 11.1 Å². The van der Waals surface area contributed by atoms with Crippen LogP contribution in [-0.2, 0) is 0 Å². The van der Waals surface area contributed by atoms with Crippen molar-refractivity contribution in [2.75, 3.05) is 13.1 Å². The van der Waals surface area contributed by atoms with Crippen molar-refractivity contribution >= 4 is 47.0 Å². The van der Waals surface area contributed by atoms with Gasteiger partial charge in [0.2, 0.25) is 5.96 Å². The molecule has 1 heterocycles. The predicted octanol–water partition coefficient (Wildman–Crippen LogP) is 4.62. The molecule has 2 N–H and O–H groups in total. The summed E-state index contributed by atoms with van der Waals surface area (Å²) in [7, 11) is 0. The molecule has 0 aromatic heterocycles. The molecule has 6 heteroatoms. The topological polar surface area (TPSA) is 48.8 Å². The summed E-state index contributed by atoms with van der Waals surface area (Å²) >= 11 is 12.4. The van der Waals surface area contributed by atoms with Crippen LogP contribution in [0.5, 0.6) is 0 Å². The largest absolute Gasteiger partial charge is 0.353 e. The van der Waals surface area contributed by atoms with E-state index in [9.17, 15) is 0 Å². The number of nitrogens with one attached hydrogen (secondary N) is 2. The maximum absolute atomic E-state index is 6.21. The predicted molar refractivity (Wildman–Crippen MR) is 112 cm³/mol. The Labute approximate surface area is 162 Å². The highest BCUT2D eigenvalue weighted by atomic mass is 35.5. The number of halogens is 2. The summed E-state index contributed by atoms with van der Waals surface area (Å²) in [5, 5.41) is 8.90. The third-order valence-corrected chi connectivity index (χ3v) is 4.33. The molecule has 0 fully saturated rings. The lowest BCUT2D eigenvalue weighted by Crippen LogP contribution is -2.30. The standard InChI is InChI=1S/C20H18Cl2N4/c21-18-7-3-1-5-15(18)9-11-17(25-26-20-23-13-14-24-20)12-10-16-6-2-4-8-19(16)22/h1-12H,13-14H2,(H2,23,24,26). The first-order valence-electron chi connectivity index (χ1n) is 8.19. The van der Waals surface area contributed by atoms with Gasteiger partial charge in [0.1, 0.15) is 0 Å². The molecule has 0 saturated heterocycles. The summed E-state index contributed by atoms with van der Waals surface area (Å²) in [6, 6.07) is 15.3. The second-order valence-electron chi connectivity index (χ2n) is 5.52. The first-order chi connectivity index (χ1) is 12.7. The highest BCUT2D eigenvalue weighted by Crippen LogP contribution is 2.18. The van der Waals surface area contributed by atoms with E-state index < -0.39 is 0 Å². The molecule has 3 rings (SSSR count). The van der Waals surface area contributed by atoms with E-state index in [1.165, 1.54) is 0 Å². The number of allylic oxidation sites excluding steroid dienone is 2. The monoisotopic (exact) mass is 384 g/mol. The van der Waals surface area contributed by atoms with E-state index in [0.717, 1.165) is 24.2 Å². The van der Waals surface area contributed by atoms with Crippen LogP contribution in [0.4, 0.5) is 0 Å². The molecule has 132 valence electrons. The lowest BCUT2D eigenvalue weighted by molar-refractivity contribution is 0.918. The second kappa shape index (κ2) is 9.22. The van der Waals surface area contributed by atoms with Gasteiger partial charge in [0.15, 0.2) is 0 Å². The molecule has 0 aliphatic carbocycles. The number of hydrazone groups is 1. The molecule has 0 spiro atoms. The van der Waals surface area contributed by atoms with E-state index >= 15 is 0 Å². The molecule has 2 aromatic rings. The van der Waals surface area contributed by atoms with Crippen molar-refractivity contribution in [3.8, 4) is 0 Å². The fourth-order valence-electron chi connectivity index (χ4n) is 2.29. The molecular weight excluding hydrogens is 367 g/mol.